The molecule has 0 radical (unpaired) electrons. The molecule has 0 N–H and O–H groups in total. The minimum Gasteiger partial charge on any atom is -0.258 e. The second-order valence-electron chi connectivity index (χ2n) is 6.14. The maximum atomic E-state index is 14.2. The van der Waals surface area contributed by atoms with E-state index in [0.717, 1.165) is 18.2 Å². The predicted octanol–water partition coefficient (Wildman–Crippen LogP) is 4.30. The molecule has 0 aromatic heterocycles. The fraction of sp³-hybridized carbons (Fsp3) is 0.294. The third-order valence-corrected chi connectivity index (χ3v) is 6.83. The molecule has 0 saturated heterocycles. The molecule has 1 fully saturated rings. The Morgan fingerprint density at radius 1 is 1.27 bits per heavy atom. The smallest absolute Gasteiger partial charge is 0.258 e. The molecule has 0 unspecified atom stereocenters. The number of benzene rings is 2. The van der Waals surface area contributed by atoms with Crippen molar-refractivity contribution in [1.29, 1.82) is 0 Å². The molecule has 2 aromatic rings. The van der Waals surface area contributed by atoms with Crippen LogP contribution in [-0.4, -0.2) is 23.7 Å². The molecule has 0 amide bonds. The average Bonchev–Trinajstić information content (AvgIpc) is 3.39. The Balaban J connectivity index is 2.05. The van der Waals surface area contributed by atoms with Gasteiger partial charge < -0.3 is 0 Å². The van der Waals surface area contributed by atoms with Crippen LogP contribution in [0, 0.1) is 15.9 Å². The highest BCUT2D eigenvalue weighted by Crippen LogP contribution is 2.41. The molecule has 6 nitrogen and oxygen atoms in total. The summed E-state index contributed by atoms with van der Waals surface area (Å²) in [6.45, 7) is 1.62. The predicted molar refractivity (Wildman–Crippen MR) is 95.0 cm³/mol. The lowest BCUT2D eigenvalue weighted by Crippen LogP contribution is -2.36. The van der Waals surface area contributed by atoms with Crippen molar-refractivity contribution < 1.29 is 17.7 Å². The number of hydrogen-bond acceptors (Lipinski definition) is 4. The van der Waals surface area contributed by atoms with Crippen LogP contribution in [0.4, 0.5) is 10.1 Å². The zero-order valence-electron chi connectivity index (χ0n) is 13.8. The van der Waals surface area contributed by atoms with Crippen LogP contribution in [-0.2, 0) is 10.0 Å². The Labute approximate surface area is 155 Å². The number of non-ortho nitro benzene ring substituents is 1. The van der Waals surface area contributed by atoms with E-state index in [9.17, 15) is 22.9 Å². The van der Waals surface area contributed by atoms with E-state index in [2.05, 4.69) is 0 Å². The van der Waals surface area contributed by atoms with E-state index in [1.54, 1.807) is 19.1 Å². The summed E-state index contributed by atoms with van der Waals surface area (Å²) in [6.07, 6.45) is 1.34. The summed E-state index contributed by atoms with van der Waals surface area (Å²) in [6, 6.07) is 8.25. The van der Waals surface area contributed by atoms with Crippen LogP contribution < -0.4 is 0 Å². The highest BCUT2D eigenvalue weighted by molar-refractivity contribution is 7.89. The van der Waals surface area contributed by atoms with Gasteiger partial charge in [0.2, 0.25) is 10.0 Å². The number of sulfonamides is 1. The van der Waals surface area contributed by atoms with Crippen LogP contribution in [0.15, 0.2) is 47.4 Å². The minimum absolute atomic E-state index is 0.222. The molecule has 9 heteroatoms. The molecule has 26 heavy (non-hydrogen) atoms. The van der Waals surface area contributed by atoms with Crippen LogP contribution in [0.5, 0.6) is 0 Å². The van der Waals surface area contributed by atoms with Gasteiger partial charge in [0.05, 0.1) is 16.0 Å². The Morgan fingerprint density at radius 2 is 1.92 bits per heavy atom. The third-order valence-electron chi connectivity index (χ3n) is 4.33. The molecule has 138 valence electrons. The first-order valence-electron chi connectivity index (χ1n) is 7.95. The van der Waals surface area contributed by atoms with E-state index in [4.69, 9.17) is 11.6 Å². The zero-order valence-corrected chi connectivity index (χ0v) is 15.4. The third kappa shape index (κ3) is 3.44. The largest absolute Gasteiger partial charge is 0.271 e. The van der Waals surface area contributed by atoms with E-state index in [-0.39, 0.29) is 27.2 Å². The molecule has 1 atom stereocenters. The molecule has 3 rings (SSSR count). The van der Waals surface area contributed by atoms with Gasteiger partial charge in [0.1, 0.15) is 10.7 Å². The number of nitro benzene ring substituents is 1. The van der Waals surface area contributed by atoms with Crippen LogP contribution in [0.3, 0.4) is 0 Å². The lowest BCUT2D eigenvalue weighted by Gasteiger charge is -2.29. The van der Waals surface area contributed by atoms with Crippen molar-refractivity contribution in [2.45, 2.75) is 36.7 Å². The normalized spacial score (nSPS) is 15.8. The Morgan fingerprint density at radius 3 is 2.46 bits per heavy atom. The van der Waals surface area contributed by atoms with E-state index in [1.165, 1.54) is 16.4 Å². The maximum absolute atomic E-state index is 14.2. The van der Waals surface area contributed by atoms with Crippen molar-refractivity contribution in [3.8, 4) is 0 Å². The fourth-order valence-electron chi connectivity index (χ4n) is 2.93. The van der Waals surface area contributed by atoms with E-state index in [1.807, 2.05) is 0 Å². The topological polar surface area (TPSA) is 80.5 Å². The van der Waals surface area contributed by atoms with Crippen LogP contribution in [0.1, 0.15) is 31.4 Å². The minimum atomic E-state index is -4.06. The highest BCUT2D eigenvalue weighted by atomic mass is 35.5. The summed E-state index contributed by atoms with van der Waals surface area (Å²) >= 11 is 6.02. The number of rotatable bonds is 6. The summed E-state index contributed by atoms with van der Waals surface area (Å²) < 4.78 is 41.8. The Kier molecular flexibility index (Phi) is 5.01. The fourth-order valence-corrected chi connectivity index (χ4v) is 5.30. The Hall–Kier alpha value is -2.03. The molecule has 0 spiro atoms. The number of halogens is 2. The molecule has 0 aliphatic heterocycles. The van der Waals surface area contributed by atoms with Gasteiger partial charge in [0.15, 0.2) is 0 Å². The van der Waals surface area contributed by atoms with Gasteiger partial charge in [-0.15, -0.1) is 0 Å². The SMILES string of the molecule is C[C@@H](c1ccccc1F)N(C1CC1)S(=O)(=O)c1ccc([N+](=O)[O-])cc1Cl. The Bertz CT molecular complexity index is 963. The first-order chi connectivity index (χ1) is 12.2. The van der Waals surface area contributed by atoms with Crippen molar-refractivity contribution in [3.63, 3.8) is 0 Å². The first kappa shape index (κ1) is 18.8. The van der Waals surface area contributed by atoms with Crippen LogP contribution >= 0.6 is 11.6 Å². The van der Waals surface area contributed by atoms with Gasteiger partial charge >= 0.3 is 0 Å². The van der Waals surface area contributed by atoms with E-state index >= 15 is 0 Å². The molecule has 1 aliphatic carbocycles. The van der Waals surface area contributed by atoms with Gasteiger partial charge in [-0.05, 0) is 31.9 Å². The summed E-state index contributed by atoms with van der Waals surface area (Å²) in [7, 11) is -4.06. The highest BCUT2D eigenvalue weighted by Gasteiger charge is 2.43. The lowest BCUT2D eigenvalue weighted by atomic mass is 10.1. The lowest BCUT2D eigenvalue weighted by molar-refractivity contribution is -0.384. The summed E-state index contributed by atoms with van der Waals surface area (Å²) in [5.74, 6) is -0.490. The van der Waals surface area contributed by atoms with Crippen molar-refractivity contribution in [1.82, 2.24) is 4.31 Å². The summed E-state index contributed by atoms with van der Waals surface area (Å²) in [4.78, 5) is 9.97. The second-order valence-corrected chi connectivity index (χ2v) is 8.35. The van der Waals surface area contributed by atoms with E-state index in [0.29, 0.717) is 12.8 Å². The molecular formula is C17H16ClFN2O4S. The second kappa shape index (κ2) is 6.94. The number of nitrogens with zero attached hydrogens (tertiary/aromatic N) is 2. The van der Waals surface area contributed by atoms with Gasteiger partial charge in [0, 0.05) is 23.7 Å². The molecule has 1 saturated carbocycles. The van der Waals surface area contributed by atoms with E-state index < -0.39 is 26.8 Å². The van der Waals surface area contributed by atoms with Gasteiger partial charge in [-0.1, -0.05) is 29.8 Å². The van der Waals surface area contributed by atoms with Crippen molar-refractivity contribution in [2.24, 2.45) is 0 Å². The summed E-state index contributed by atoms with van der Waals surface area (Å²) in [5, 5.41) is 10.6. The van der Waals surface area contributed by atoms with Gasteiger partial charge in [-0.3, -0.25) is 10.1 Å². The molecule has 0 bridgehead atoms. The number of hydrogen-bond donors (Lipinski definition) is 0. The molecule has 1 aliphatic rings. The standard InChI is InChI=1S/C17H16ClFN2O4S/c1-11(14-4-2-3-5-16(14)19)20(12-6-7-12)26(24,25)17-9-8-13(21(22)23)10-15(17)18/h2-5,8-12H,6-7H2,1H3/t11-/m0/s1. The maximum Gasteiger partial charge on any atom is 0.271 e. The molecular weight excluding hydrogens is 383 g/mol. The molecule has 0 heterocycles. The number of nitro groups is 1. The van der Waals surface area contributed by atoms with Crippen LogP contribution in [0.2, 0.25) is 5.02 Å². The first-order valence-corrected chi connectivity index (χ1v) is 9.77. The van der Waals surface area contributed by atoms with Crippen molar-refractivity contribution >= 4 is 27.3 Å². The van der Waals surface area contributed by atoms with Gasteiger partial charge in [-0.2, -0.15) is 4.31 Å². The average molecular weight is 399 g/mol. The van der Waals surface area contributed by atoms with Crippen molar-refractivity contribution in [3.05, 3.63) is 69.0 Å². The summed E-state index contributed by atoms with van der Waals surface area (Å²) in [5.41, 5.74) is -0.0323. The van der Waals surface area contributed by atoms with Crippen LogP contribution in [0.25, 0.3) is 0 Å². The zero-order chi connectivity index (χ0) is 19.1. The quantitative estimate of drug-likeness (QED) is 0.536. The van der Waals surface area contributed by atoms with Gasteiger partial charge in [0.25, 0.3) is 5.69 Å². The van der Waals surface area contributed by atoms with Gasteiger partial charge in [-0.25, -0.2) is 12.8 Å². The monoisotopic (exact) mass is 398 g/mol. The molecule has 2 aromatic carbocycles. The van der Waals surface area contributed by atoms with Crippen molar-refractivity contribution in [2.75, 3.05) is 0 Å².